The van der Waals surface area contributed by atoms with E-state index >= 15 is 0 Å². The van der Waals surface area contributed by atoms with E-state index in [0.29, 0.717) is 6.54 Å². The molecule has 1 saturated heterocycles. The largest absolute Gasteiger partial charge is 0.401 e. The molecule has 0 spiro atoms. The van der Waals surface area contributed by atoms with Gasteiger partial charge in [0.25, 0.3) is 0 Å². The zero-order valence-corrected chi connectivity index (χ0v) is 11.8. The second kappa shape index (κ2) is 8.18. The third kappa shape index (κ3) is 6.30. The molecule has 6 nitrogen and oxygen atoms in total. The molecule has 1 atom stereocenters. The summed E-state index contributed by atoms with van der Waals surface area (Å²) in [5, 5.41) is 4.69. The maximum atomic E-state index is 12.0. The zero-order valence-electron chi connectivity index (χ0n) is 11.8. The van der Waals surface area contributed by atoms with Gasteiger partial charge in [0, 0.05) is 13.1 Å². The van der Waals surface area contributed by atoms with E-state index in [1.165, 1.54) is 4.90 Å². The first kappa shape index (κ1) is 17.7. The number of alkyl halides is 3. The van der Waals surface area contributed by atoms with Crippen LogP contribution in [0.5, 0.6) is 0 Å². The lowest BCUT2D eigenvalue weighted by Gasteiger charge is -2.34. The molecule has 1 heterocycles. The lowest BCUT2D eigenvalue weighted by Crippen LogP contribution is -2.57. The number of carbonyl (C=O) groups is 2. The molecular formula is C12H20F3N3O3. The van der Waals surface area contributed by atoms with Crippen LogP contribution in [0.3, 0.4) is 0 Å². The number of morpholine rings is 1. The van der Waals surface area contributed by atoms with Gasteiger partial charge in [-0.1, -0.05) is 6.92 Å². The standard InChI is InChI=1S/C12H20F3N3O3/c1-2-3-17-11(20)9-7-21-5-4-18(9)10(19)6-16-8-12(13,14)15/h9,16H,2-8H2,1H3,(H,17,20). The number of nitrogens with one attached hydrogen (secondary N) is 2. The molecule has 1 unspecified atom stereocenters. The highest BCUT2D eigenvalue weighted by Gasteiger charge is 2.33. The van der Waals surface area contributed by atoms with Crippen LogP contribution in [0.2, 0.25) is 0 Å². The smallest absolute Gasteiger partial charge is 0.377 e. The fourth-order valence-corrected chi connectivity index (χ4v) is 1.90. The average molecular weight is 311 g/mol. The molecule has 0 aliphatic carbocycles. The van der Waals surface area contributed by atoms with Crippen LogP contribution < -0.4 is 10.6 Å². The second-order valence-electron chi connectivity index (χ2n) is 4.69. The van der Waals surface area contributed by atoms with Gasteiger partial charge in [0.2, 0.25) is 11.8 Å². The first-order chi connectivity index (χ1) is 9.85. The van der Waals surface area contributed by atoms with Crippen LogP contribution >= 0.6 is 0 Å². The highest BCUT2D eigenvalue weighted by Crippen LogP contribution is 2.12. The number of amides is 2. The van der Waals surface area contributed by atoms with Crippen LogP contribution in [0.4, 0.5) is 13.2 Å². The molecule has 0 saturated carbocycles. The van der Waals surface area contributed by atoms with Crippen LogP contribution in [0.15, 0.2) is 0 Å². The number of hydrogen-bond donors (Lipinski definition) is 2. The van der Waals surface area contributed by atoms with Gasteiger partial charge in [-0.15, -0.1) is 0 Å². The Hall–Kier alpha value is -1.35. The predicted molar refractivity (Wildman–Crippen MR) is 68.5 cm³/mol. The van der Waals surface area contributed by atoms with E-state index in [4.69, 9.17) is 4.74 Å². The number of carbonyl (C=O) groups excluding carboxylic acids is 2. The number of nitrogens with zero attached hydrogens (tertiary/aromatic N) is 1. The van der Waals surface area contributed by atoms with Gasteiger partial charge in [-0.25, -0.2) is 0 Å². The summed E-state index contributed by atoms with van der Waals surface area (Å²) in [7, 11) is 0. The molecule has 1 fully saturated rings. The van der Waals surface area contributed by atoms with Gasteiger partial charge < -0.3 is 20.3 Å². The monoisotopic (exact) mass is 311 g/mol. The SMILES string of the molecule is CCCNC(=O)C1COCCN1C(=O)CNCC(F)(F)F. The second-order valence-corrected chi connectivity index (χ2v) is 4.69. The maximum Gasteiger partial charge on any atom is 0.401 e. The summed E-state index contributed by atoms with van der Waals surface area (Å²) < 4.78 is 41.2. The van der Waals surface area contributed by atoms with Gasteiger partial charge in [-0.05, 0) is 6.42 Å². The van der Waals surface area contributed by atoms with Crippen LogP contribution in [0.25, 0.3) is 0 Å². The third-order valence-corrected chi connectivity index (χ3v) is 2.90. The Morgan fingerprint density at radius 3 is 2.71 bits per heavy atom. The van der Waals surface area contributed by atoms with Crippen molar-refractivity contribution < 1.29 is 27.5 Å². The van der Waals surface area contributed by atoms with Crippen LogP contribution in [0.1, 0.15) is 13.3 Å². The molecule has 2 amide bonds. The fraction of sp³-hybridized carbons (Fsp3) is 0.833. The van der Waals surface area contributed by atoms with E-state index in [1.54, 1.807) is 0 Å². The molecule has 1 aliphatic rings. The highest BCUT2D eigenvalue weighted by molar-refractivity contribution is 5.88. The van der Waals surface area contributed by atoms with Crippen molar-refractivity contribution in [2.45, 2.75) is 25.6 Å². The van der Waals surface area contributed by atoms with Gasteiger partial charge in [-0.2, -0.15) is 13.2 Å². The highest BCUT2D eigenvalue weighted by atomic mass is 19.4. The Bertz CT molecular complexity index is 363. The lowest BCUT2D eigenvalue weighted by atomic mass is 10.2. The van der Waals surface area contributed by atoms with E-state index in [-0.39, 0.29) is 25.7 Å². The summed E-state index contributed by atoms with van der Waals surface area (Å²) >= 11 is 0. The van der Waals surface area contributed by atoms with Gasteiger partial charge >= 0.3 is 6.18 Å². The summed E-state index contributed by atoms with van der Waals surface area (Å²) in [6.45, 7) is 1.18. The maximum absolute atomic E-state index is 12.0. The third-order valence-electron chi connectivity index (χ3n) is 2.90. The molecule has 2 N–H and O–H groups in total. The van der Waals surface area contributed by atoms with Crippen molar-refractivity contribution in [1.29, 1.82) is 0 Å². The van der Waals surface area contributed by atoms with E-state index in [0.717, 1.165) is 6.42 Å². The Morgan fingerprint density at radius 2 is 2.10 bits per heavy atom. The first-order valence-corrected chi connectivity index (χ1v) is 6.77. The molecule has 1 aliphatic heterocycles. The number of halogens is 3. The van der Waals surface area contributed by atoms with Crippen molar-refractivity contribution >= 4 is 11.8 Å². The molecule has 0 bridgehead atoms. The van der Waals surface area contributed by atoms with Crippen molar-refractivity contribution in [3.63, 3.8) is 0 Å². The van der Waals surface area contributed by atoms with Crippen molar-refractivity contribution in [3.05, 3.63) is 0 Å². The summed E-state index contributed by atoms with van der Waals surface area (Å²) in [4.78, 5) is 25.1. The molecule has 9 heteroatoms. The van der Waals surface area contributed by atoms with Gasteiger partial charge in [0.05, 0.1) is 26.3 Å². The Labute approximate surface area is 121 Å². The van der Waals surface area contributed by atoms with Gasteiger partial charge in [0.1, 0.15) is 6.04 Å². The van der Waals surface area contributed by atoms with Gasteiger partial charge in [0.15, 0.2) is 0 Å². The summed E-state index contributed by atoms with van der Waals surface area (Å²) in [6, 6.07) is -0.787. The summed E-state index contributed by atoms with van der Waals surface area (Å²) in [5.41, 5.74) is 0. The minimum absolute atomic E-state index is 0.0561. The molecule has 0 aromatic heterocycles. The van der Waals surface area contributed by atoms with Gasteiger partial charge in [-0.3, -0.25) is 9.59 Å². The lowest BCUT2D eigenvalue weighted by molar-refractivity contribution is -0.149. The van der Waals surface area contributed by atoms with Crippen LogP contribution in [-0.2, 0) is 14.3 Å². The molecular weight excluding hydrogens is 291 g/mol. The topological polar surface area (TPSA) is 70.7 Å². The quantitative estimate of drug-likeness (QED) is 0.718. The van der Waals surface area contributed by atoms with E-state index in [1.807, 2.05) is 12.2 Å². The molecule has 122 valence electrons. The van der Waals surface area contributed by atoms with Crippen molar-refractivity contribution in [2.24, 2.45) is 0 Å². The molecule has 1 rings (SSSR count). The zero-order chi connectivity index (χ0) is 15.9. The predicted octanol–water partition coefficient (Wildman–Crippen LogP) is -0.108. The Balaban J connectivity index is 2.51. The van der Waals surface area contributed by atoms with E-state index < -0.39 is 31.2 Å². The van der Waals surface area contributed by atoms with E-state index in [2.05, 4.69) is 5.32 Å². The van der Waals surface area contributed by atoms with E-state index in [9.17, 15) is 22.8 Å². The summed E-state index contributed by atoms with van der Waals surface area (Å²) in [5.74, 6) is -0.889. The number of rotatable bonds is 6. The van der Waals surface area contributed by atoms with Crippen molar-refractivity contribution in [2.75, 3.05) is 39.4 Å². The molecule has 0 aromatic rings. The number of ether oxygens (including phenoxy) is 1. The van der Waals surface area contributed by atoms with Crippen molar-refractivity contribution in [1.82, 2.24) is 15.5 Å². The van der Waals surface area contributed by atoms with Crippen LogP contribution in [0, 0.1) is 0 Å². The summed E-state index contributed by atoms with van der Waals surface area (Å²) in [6.07, 6.45) is -3.62. The Kier molecular flexibility index (Phi) is 6.90. The molecule has 21 heavy (non-hydrogen) atoms. The number of hydrogen-bond acceptors (Lipinski definition) is 4. The first-order valence-electron chi connectivity index (χ1n) is 6.77. The normalized spacial score (nSPS) is 19.4. The van der Waals surface area contributed by atoms with Crippen LogP contribution in [-0.4, -0.2) is 68.3 Å². The Morgan fingerprint density at radius 1 is 1.38 bits per heavy atom. The average Bonchev–Trinajstić information content (AvgIpc) is 2.43. The fourth-order valence-electron chi connectivity index (χ4n) is 1.90. The minimum atomic E-state index is -4.37. The molecule has 0 aromatic carbocycles. The minimum Gasteiger partial charge on any atom is -0.377 e. The van der Waals surface area contributed by atoms with Crippen molar-refractivity contribution in [3.8, 4) is 0 Å². The molecule has 0 radical (unpaired) electrons.